The summed E-state index contributed by atoms with van der Waals surface area (Å²) in [7, 11) is 8.32. The molecule has 0 saturated heterocycles. The number of fused-ring (bicyclic) bond motifs is 4. The largest absolute Gasteiger partial charge is 0.259 e. The molecule has 0 bridgehead atoms. The number of aryl methyl sites for hydroxylation is 14. The summed E-state index contributed by atoms with van der Waals surface area (Å²) in [4.78, 5) is 18.2. The van der Waals surface area contributed by atoms with E-state index in [0.29, 0.717) is 0 Å². The van der Waals surface area contributed by atoms with Crippen LogP contribution in [0.4, 0.5) is 0 Å². The highest BCUT2D eigenvalue weighted by molar-refractivity contribution is 5.79. The topological polar surface area (TPSA) is 86.8 Å². The number of pyridine rings is 4. The first-order valence-corrected chi connectivity index (χ1v) is 27.2. The summed E-state index contributed by atoms with van der Waals surface area (Å²) >= 11 is 0. The predicted molar refractivity (Wildman–Crippen MR) is 322 cm³/mol. The van der Waals surface area contributed by atoms with E-state index in [9.17, 15) is 0 Å². The van der Waals surface area contributed by atoms with Gasteiger partial charge in [-0.1, -0.05) is 76.1 Å². The Hall–Kier alpha value is -9.42. The Morgan fingerprint density at radius 1 is 0.400 bits per heavy atom. The van der Waals surface area contributed by atoms with Crippen LogP contribution in [0.3, 0.4) is 0 Å². The van der Waals surface area contributed by atoms with Crippen molar-refractivity contribution < 1.29 is 18.7 Å². The second-order valence-corrected chi connectivity index (χ2v) is 21.0. The first kappa shape index (κ1) is 54.0. The lowest BCUT2D eigenvalue weighted by atomic mass is 9.98. The van der Waals surface area contributed by atoms with Gasteiger partial charge in [0.15, 0.2) is 14.1 Å². The van der Waals surface area contributed by atoms with Gasteiger partial charge in [-0.2, -0.15) is 9.36 Å². The molecule has 0 aliphatic rings. The van der Waals surface area contributed by atoms with Gasteiger partial charge < -0.3 is 0 Å². The zero-order valence-electron chi connectivity index (χ0n) is 48.7. The molecule has 0 N–H and O–H groups in total. The average Bonchev–Trinajstić information content (AvgIpc) is 4.26. The highest BCUT2D eigenvalue weighted by atomic mass is 15.4. The number of rotatable bonds is 5. The lowest BCUT2D eigenvalue weighted by molar-refractivity contribution is -0.721. The molecule has 5 aromatic carbocycles. The molecule has 80 heavy (non-hydrogen) atoms. The molecule has 0 spiro atoms. The van der Waals surface area contributed by atoms with Gasteiger partial charge in [0.25, 0.3) is 11.4 Å². The molecule has 0 atom stereocenters. The van der Waals surface area contributed by atoms with Crippen molar-refractivity contribution in [2.24, 2.45) is 28.2 Å². The van der Waals surface area contributed by atoms with Crippen LogP contribution in [0.15, 0.2) is 183 Å². The van der Waals surface area contributed by atoms with Crippen LogP contribution in [0.1, 0.15) is 56.2 Å². The van der Waals surface area contributed by atoms with Crippen molar-refractivity contribution in [1.82, 2.24) is 38.7 Å². The van der Waals surface area contributed by atoms with E-state index in [0.717, 1.165) is 45.5 Å². The number of para-hydroxylation sites is 4. The van der Waals surface area contributed by atoms with Crippen LogP contribution in [0.25, 0.3) is 77.6 Å². The van der Waals surface area contributed by atoms with Crippen LogP contribution in [-0.2, 0) is 28.2 Å². The minimum Gasteiger partial charge on any atom is -0.259 e. The van der Waals surface area contributed by atoms with Crippen LogP contribution in [0.5, 0.6) is 0 Å². The van der Waals surface area contributed by atoms with Gasteiger partial charge in [0.05, 0.1) is 66.1 Å². The molecule has 0 aliphatic heterocycles. The summed E-state index contributed by atoms with van der Waals surface area (Å²) in [5, 5.41) is 4.94. The van der Waals surface area contributed by atoms with Gasteiger partial charge in [0.2, 0.25) is 23.4 Å². The van der Waals surface area contributed by atoms with E-state index in [4.69, 9.17) is 4.98 Å². The normalized spacial score (nSPS) is 11.1. The average molecular weight is 1060 g/mol. The number of aromatic nitrogens is 12. The summed E-state index contributed by atoms with van der Waals surface area (Å²) in [6, 6.07) is 48.5. The fourth-order valence-corrected chi connectivity index (χ4v) is 11.3. The second kappa shape index (κ2) is 22.5. The standard InChI is InChI=1S/C22H22N3.C16H18N3.2C15H16N3/c1-15-8-7-9-16(2)22(15)19-12-17(3)21(13-23-19)25-14-18-10-5-6-11-20(18)24(25)4;1-11-9-12(2)17-13(3)16(11)19-10-14-7-5-6-8-15(14)18(19)4;1-11-8-12(2)16-9-15(11)18-10-13-6-4-5-7-14(13)17(18)3;1-11-8-9-16-12(2)15(11)18-10-13-6-4-5-7-14(13)17(18)3/h5-14H,1-4H3;5-10H,1-4H3;2*4-10H,1-3H3/q4*+1. The maximum atomic E-state index is 4.78. The summed E-state index contributed by atoms with van der Waals surface area (Å²) in [5.74, 6) is 0. The Balaban J connectivity index is 0.000000121. The van der Waals surface area contributed by atoms with Gasteiger partial charge in [-0.05, 0) is 152 Å². The molecule has 8 aromatic heterocycles. The molecule has 0 unspecified atom stereocenters. The van der Waals surface area contributed by atoms with E-state index >= 15 is 0 Å². The lowest BCUT2D eigenvalue weighted by Crippen LogP contribution is -2.40. The first-order valence-electron chi connectivity index (χ1n) is 27.2. The zero-order valence-corrected chi connectivity index (χ0v) is 48.7. The van der Waals surface area contributed by atoms with Gasteiger partial charge in [-0.15, -0.1) is 18.7 Å². The van der Waals surface area contributed by atoms with Crippen molar-refractivity contribution in [3.8, 4) is 34.0 Å². The van der Waals surface area contributed by atoms with E-state index in [1.54, 1.807) is 0 Å². The third-order valence-electron chi connectivity index (χ3n) is 15.3. The molecule has 0 saturated carbocycles. The molecular weight excluding hydrogens is 985 g/mol. The van der Waals surface area contributed by atoms with Crippen molar-refractivity contribution >= 4 is 43.6 Å². The van der Waals surface area contributed by atoms with Crippen LogP contribution in [0, 0.1) is 69.2 Å². The Morgan fingerprint density at radius 2 is 0.863 bits per heavy atom. The van der Waals surface area contributed by atoms with Crippen molar-refractivity contribution in [3.63, 3.8) is 0 Å². The Morgan fingerprint density at radius 3 is 1.34 bits per heavy atom. The molecule has 0 amide bonds. The van der Waals surface area contributed by atoms with Gasteiger partial charge in [-0.3, -0.25) is 19.9 Å². The van der Waals surface area contributed by atoms with E-state index in [-0.39, 0.29) is 0 Å². The van der Waals surface area contributed by atoms with Crippen molar-refractivity contribution in [2.45, 2.75) is 69.2 Å². The third-order valence-corrected chi connectivity index (χ3v) is 15.3. The van der Waals surface area contributed by atoms with E-state index in [1.165, 1.54) is 88.2 Å². The molecular formula is C68H72N12+4. The quantitative estimate of drug-likeness (QED) is 0.161. The number of hydrogen-bond acceptors (Lipinski definition) is 4. The summed E-state index contributed by atoms with van der Waals surface area (Å²) in [5.41, 5.74) is 23.4. The molecule has 13 aromatic rings. The fraction of sp³-hybridized carbons (Fsp3) is 0.206. The van der Waals surface area contributed by atoms with Crippen LogP contribution in [-0.4, -0.2) is 38.7 Å². The van der Waals surface area contributed by atoms with Crippen LogP contribution >= 0.6 is 0 Å². The maximum absolute atomic E-state index is 4.78. The van der Waals surface area contributed by atoms with Gasteiger partial charge in [0.1, 0.15) is 33.8 Å². The van der Waals surface area contributed by atoms with Crippen molar-refractivity contribution in [3.05, 3.63) is 239 Å². The molecule has 13 rings (SSSR count). The Kier molecular flexibility index (Phi) is 15.2. The van der Waals surface area contributed by atoms with E-state index in [1.807, 2.05) is 45.4 Å². The number of hydrogen-bond donors (Lipinski definition) is 0. The molecule has 0 radical (unpaired) electrons. The summed E-state index contributed by atoms with van der Waals surface area (Å²) in [6.45, 7) is 21.0. The second-order valence-electron chi connectivity index (χ2n) is 21.0. The van der Waals surface area contributed by atoms with Crippen LogP contribution < -0.4 is 18.7 Å². The minimum atomic E-state index is 1.04. The Bertz CT molecular complexity index is 4370. The monoisotopic (exact) mass is 1060 g/mol. The Labute approximate surface area is 469 Å². The van der Waals surface area contributed by atoms with E-state index < -0.39 is 0 Å². The minimum absolute atomic E-state index is 1.04. The highest BCUT2D eigenvalue weighted by Gasteiger charge is 2.23. The predicted octanol–water partition coefficient (Wildman–Crippen LogP) is 12.2. The molecule has 8 heterocycles. The maximum Gasteiger partial charge on any atom is 0.259 e. The fourth-order valence-electron chi connectivity index (χ4n) is 11.3. The molecule has 0 aliphatic carbocycles. The first-order chi connectivity index (χ1) is 38.5. The van der Waals surface area contributed by atoms with Gasteiger partial charge >= 0.3 is 0 Å². The van der Waals surface area contributed by atoms with E-state index in [2.05, 4.69) is 287 Å². The lowest BCUT2D eigenvalue weighted by Gasteiger charge is -2.11. The van der Waals surface area contributed by atoms with Gasteiger partial charge in [-0.25, -0.2) is 0 Å². The van der Waals surface area contributed by atoms with Crippen LogP contribution in [0.2, 0.25) is 0 Å². The van der Waals surface area contributed by atoms with Crippen molar-refractivity contribution in [2.75, 3.05) is 0 Å². The smallest absolute Gasteiger partial charge is 0.259 e. The number of benzene rings is 5. The molecule has 400 valence electrons. The van der Waals surface area contributed by atoms with Gasteiger partial charge in [0, 0.05) is 46.4 Å². The molecule has 12 heteroatoms. The highest BCUT2D eigenvalue weighted by Crippen LogP contribution is 2.28. The third kappa shape index (κ3) is 10.5. The molecule has 12 nitrogen and oxygen atoms in total. The summed E-state index contributed by atoms with van der Waals surface area (Å²) < 4.78 is 17.3. The zero-order chi connectivity index (χ0) is 56.5. The molecule has 0 fully saturated rings. The van der Waals surface area contributed by atoms with Crippen molar-refractivity contribution in [1.29, 1.82) is 0 Å². The SMILES string of the molecule is Cc1cc(-c2c(C)cccc2C)ncc1-n1cc2ccccc2[n+]1C.Cc1cc(C)c(-[n+]2cc3ccccc3n2C)c(C)n1.Cc1cc(C)c(-n2cc3ccccc3[n+]2C)cn1.Cc1ccnc(C)c1-[n+]1cc2ccccc2n1C. The summed E-state index contributed by atoms with van der Waals surface area (Å²) in [6.07, 6.45) is 14.4. The number of nitrogens with zero attached hydrogens (tertiary/aromatic N) is 12.